The van der Waals surface area contributed by atoms with Crippen LogP contribution in [0, 0.1) is 0 Å². The van der Waals surface area contributed by atoms with Crippen molar-refractivity contribution in [3.63, 3.8) is 0 Å². The molecule has 0 spiro atoms. The second kappa shape index (κ2) is 6.06. The lowest BCUT2D eigenvalue weighted by molar-refractivity contribution is -0.121. The summed E-state index contributed by atoms with van der Waals surface area (Å²) in [7, 11) is 0. The molecule has 0 aromatic heterocycles. The van der Waals surface area contributed by atoms with E-state index in [4.69, 9.17) is 5.73 Å². The van der Waals surface area contributed by atoms with E-state index in [0.29, 0.717) is 13.0 Å². The van der Waals surface area contributed by atoms with Crippen LogP contribution in [0.3, 0.4) is 0 Å². The molecule has 1 aliphatic rings. The summed E-state index contributed by atoms with van der Waals surface area (Å²) in [5.41, 5.74) is 7.13. The Hall–Kier alpha value is -0.870. The minimum absolute atomic E-state index is 0.0899. The van der Waals surface area contributed by atoms with E-state index in [9.17, 15) is 4.79 Å². The van der Waals surface area contributed by atoms with Crippen LogP contribution in [0.15, 0.2) is 28.7 Å². The molecule has 2 rings (SSSR count). The molecule has 1 aliphatic carbocycles. The molecule has 0 bridgehead atoms. The Bertz CT molecular complexity index is 440. The van der Waals surface area contributed by atoms with Gasteiger partial charge < -0.3 is 11.1 Å². The first-order valence-electron chi connectivity index (χ1n) is 6.80. The number of hydrogen-bond donors (Lipinski definition) is 2. The van der Waals surface area contributed by atoms with Crippen LogP contribution in [-0.2, 0) is 4.79 Å². The number of nitrogens with one attached hydrogen (secondary N) is 1. The highest BCUT2D eigenvalue weighted by atomic mass is 79.9. The maximum atomic E-state index is 11.9. The molecule has 1 fully saturated rings. The monoisotopic (exact) mass is 324 g/mol. The Labute approximate surface area is 123 Å². The van der Waals surface area contributed by atoms with E-state index < -0.39 is 0 Å². The van der Waals surface area contributed by atoms with Gasteiger partial charge in [0.1, 0.15) is 0 Å². The number of carbonyl (C=O) groups is 1. The number of halogens is 1. The minimum Gasteiger partial charge on any atom is -0.354 e. The fraction of sp³-hybridized carbons (Fsp3) is 0.533. The van der Waals surface area contributed by atoms with E-state index in [1.807, 2.05) is 12.1 Å². The van der Waals surface area contributed by atoms with Crippen molar-refractivity contribution in [1.29, 1.82) is 0 Å². The van der Waals surface area contributed by atoms with E-state index in [0.717, 1.165) is 17.3 Å². The largest absolute Gasteiger partial charge is 0.354 e. The van der Waals surface area contributed by atoms with Crippen LogP contribution in [0.25, 0.3) is 0 Å². The lowest BCUT2D eigenvalue weighted by atomic mass is 9.78. The Morgan fingerprint density at radius 3 is 2.58 bits per heavy atom. The van der Waals surface area contributed by atoms with Gasteiger partial charge in [-0.2, -0.15) is 0 Å². The summed E-state index contributed by atoms with van der Waals surface area (Å²) in [6.45, 7) is 2.68. The van der Waals surface area contributed by atoms with Gasteiger partial charge in [-0.05, 0) is 42.9 Å². The van der Waals surface area contributed by atoms with Gasteiger partial charge in [-0.3, -0.25) is 4.79 Å². The third-order valence-electron chi connectivity index (χ3n) is 3.92. The third kappa shape index (κ3) is 4.05. The number of amides is 1. The number of carbonyl (C=O) groups excluding carboxylic acids is 1. The second-order valence-corrected chi connectivity index (χ2v) is 6.57. The molecule has 3 nitrogen and oxygen atoms in total. The van der Waals surface area contributed by atoms with Crippen LogP contribution in [-0.4, -0.2) is 18.0 Å². The molecule has 4 heteroatoms. The predicted molar refractivity (Wildman–Crippen MR) is 81.0 cm³/mol. The Morgan fingerprint density at radius 2 is 2.05 bits per heavy atom. The normalized spacial score (nSPS) is 18.5. The van der Waals surface area contributed by atoms with Crippen molar-refractivity contribution in [2.45, 2.75) is 44.1 Å². The molecule has 0 aliphatic heterocycles. The molecule has 1 aromatic rings. The van der Waals surface area contributed by atoms with Gasteiger partial charge in [0.2, 0.25) is 5.91 Å². The quantitative estimate of drug-likeness (QED) is 0.874. The summed E-state index contributed by atoms with van der Waals surface area (Å²) in [6, 6.07) is 8.12. The molecule has 1 unspecified atom stereocenters. The summed E-state index contributed by atoms with van der Waals surface area (Å²) < 4.78 is 1.06. The van der Waals surface area contributed by atoms with E-state index >= 15 is 0 Å². The van der Waals surface area contributed by atoms with Gasteiger partial charge in [0.15, 0.2) is 0 Å². The molecule has 1 atom stereocenters. The first-order valence-corrected chi connectivity index (χ1v) is 7.59. The van der Waals surface area contributed by atoms with Gasteiger partial charge in [0.05, 0.1) is 0 Å². The molecule has 0 radical (unpaired) electrons. The molecule has 104 valence electrons. The van der Waals surface area contributed by atoms with Crippen LogP contribution < -0.4 is 11.1 Å². The van der Waals surface area contributed by atoms with E-state index in [2.05, 4.69) is 40.3 Å². The molecular weight excluding hydrogens is 304 g/mol. The molecule has 19 heavy (non-hydrogen) atoms. The summed E-state index contributed by atoms with van der Waals surface area (Å²) in [5, 5.41) is 2.96. The van der Waals surface area contributed by atoms with Gasteiger partial charge in [0.25, 0.3) is 0 Å². The van der Waals surface area contributed by atoms with Gasteiger partial charge in [-0.25, -0.2) is 0 Å². The topological polar surface area (TPSA) is 55.1 Å². The second-order valence-electron chi connectivity index (χ2n) is 5.65. The summed E-state index contributed by atoms with van der Waals surface area (Å²) >= 11 is 3.41. The van der Waals surface area contributed by atoms with Gasteiger partial charge in [-0.15, -0.1) is 0 Å². The first kappa shape index (κ1) is 14.5. The zero-order valence-corrected chi connectivity index (χ0v) is 12.9. The van der Waals surface area contributed by atoms with Gasteiger partial charge >= 0.3 is 0 Å². The van der Waals surface area contributed by atoms with Crippen molar-refractivity contribution >= 4 is 21.8 Å². The summed E-state index contributed by atoms with van der Waals surface area (Å²) in [4.78, 5) is 11.9. The van der Waals surface area contributed by atoms with Crippen molar-refractivity contribution in [2.24, 2.45) is 5.73 Å². The number of benzene rings is 1. The van der Waals surface area contributed by atoms with Gasteiger partial charge in [0, 0.05) is 23.0 Å². The SMILES string of the molecule is CC(CC(=O)NCC1(N)CCC1)c1ccc(Br)cc1. The van der Waals surface area contributed by atoms with Crippen LogP contribution in [0.4, 0.5) is 0 Å². The van der Waals surface area contributed by atoms with Crippen molar-refractivity contribution in [3.8, 4) is 0 Å². The Balaban J connectivity index is 1.79. The standard InChI is InChI=1S/C15H21BrN2O/c1-11(12-3-5-13(16)6-4-12)9-14(19)18-10-15(17)7-2-8-15/h3-6,11H,2,7-10,17H2,1H3,(H,18,19). The Morgan fingerprint density at radius 1 is 1.42 bits per heavy atom. The van der Waals surface area contributed by atoms with Crippen LogP contribution >= 0.6 is 15.9 Å². The predicted octanol–water partition coefficient (Wildman–Crippen LogP) is 2.94. The van der Waals surface area contributed by atoms with Crippen LogP contribution in [0.2, 0.25) is 0 Å². The van der Waals surface area contributed by atoms with Crippen molar-refractivity contribution in [3.05, 3.63) is 34.3 Å². The smallest absolute Gasteiger partial charge is 0.220 e. The average molecular weight is 325 g/mol. The van der Waals surface area contributed by atoms with E-state index in [1.165, 1.54) is 12.0 Å². The molecule has 1 saturated carbocycles. The first-order chi connectivity index (χ1) is 8.98. The van der Waals surface area contributed by atoms with Crippen molar-refractivity contribution in [1.82, 2.24) is 5.32 Å². The van der Waals surface area contributed by atoms with Crippen molar-refractivity contribution in [2.75, 3.05) is 6.54 Å². The zero-order chi connectivity index (χ0) is 13.9. The number of rotatable bonds is 5. The van der Waals surface area contributed by atoms with Crippen molar-refractivity contribution < 1.29 is 4.79 Å². The Kier molecular flexibility index (Phi) is 4.63. The highest BCUT2D eigenvalue weighted by molar-refractivity contribution is 9.10. The molecule has 1 amide bonds. The molecule has 1 aromatic carbocycles. The van der Waals surface area contributed by atoms with E-state index in [-0.39, 0.29) is 17.4 Å². The minimum atomic E-state index is -0.142. The highest BCUT2D eigenvalue weighted by Crippen LogP contribution is 2.28. The number of hydrogen-bond acceptors (Lipinski definition) is 2. The lowest BCUT2D eigenvalue weighted by Crippen LogP contribution is -2.55. The molecular formula is C15H21BrN2O. The summed E-state index contributed by atoms with van der Waals surface area (Å²) in [6.07, 6.45) is 3.74. The third-order valence-corrected chi connectivity index (χ3v) is 4.45. The zero-order valence-electron chi connectivity index (χ0n) is 11.3. The lowest BCUT2D eigenvalue weighted by Gasteiger charge is -2.38. The molecule has 0 saturated heterocycles. The van der Waals surface area contributed by atoms with Crippen LogP contribution in [0.1, 0.15) is 44.1 Å². The number of nitrogens with two attached hydrogens (primary N) is 1. The fourth-order valence-electron chi connectivity index (χ4n) is 2.34. The molecule has 3 N–H and O–H groups in total. The summed E-state index contributed by atoms with van der Waals surface area (Å²) in [5.74, 6) is 0.315. The van der Waals surface area contributed by atoms with Gasteiger partial charge in [-0.1, -0.05) is 35.0 Å². The van der Waals surface area contributed by atoms with E-state index in [1.54, 1.807) is 0 Å². The fourth-order valence-corrected chi connectivity index (χ4v) is 2.61. The van der Waals surface area contributed by atoms with Crippen LogP contribution in [0.5, 0.6) is 0 Å². The maximum absolute atomic E-state index is 11.9. The average Bonchev–Trinajstić information content (AvgIpc) is 2.35. The molecule has 0 heterocycles. The maximum Gasteiger partial charge on any atom is 0.220 e. The highest BCUT2D eigenvalue weighted by Gasteiger charge is 2.32.